The zero-order valence-electron chi connectivity index (χ0n) is 16.3. The number of aromatic nitrogens is 2. The molecule has 0 atom stereocenters. The third-order valence-electron chi connectivity index (χ3n) is 4.50. The number of nitrogens with one attached hydrogen (secondary N) is 2. The quantitative estimate of drug-likeness (QED) is 0.513. The SMILES string of the molecule is Cc1cc(C(=O)NCc2cccc(NC(=O)c3ccco3)c2)nn1-c1ccccc1. The van der Waals surface area contributed by atoms with E-state index in [0.717, 1.165) is 16.9 Å². The average Bonchev–Trinajstić information content (AvgIpc) is 3.43. The highest BCUT2D eigenvalue weighted by Crippen LogP contribution is 2.14. The first kappa shape index (κ1) is 19.2. The standard InChI is InChI=1S/C23H20N4O3/c1-16-13-20(26-27(16)19-9-3-2-4-10-19)22(28)24-15-17-7-5-8-18(14-17)25-23(29)21-11-6-12-30-21/h2-14H,15H2,1H3,(H,24,28)(H,25,29). The molecule has 0 unspecified atom stereocenters. The van der Waals surface area contributed by atoms with Crippen LogP contribution in [0.2, 0.25) is 0 Å². The Balaban J connectivity index is 1.40. The van der Waals surface area contributed by atoms with E-state index in [4.69, 9.17) is 4.42 Å². The van der Waals surface area contributed by atoms with Crippen LogP contribution in [0, 0.1) is 6.92 Å². The molecule has 7 heteroatoms. The minimum absolute atomic E-state index is 0.234. The van der Waals surface area contributed by atoms with E-state index in [-0.39, 0.29) is 17.6 Å². The average molecular weight is 400 g/mol. The maximum absolute atomic E-state index is 12.6. The fourth-order valence-electron chi connectivity index (χ4n) is 3.05. The van der Waals surface area contributed by atoms with Gasteiger partial charge in [0.2, 0.25) is 0 Å². The lowest BCUT2D eigenvalue weighted by Gasteiger charge is -2.07. The number of aryl methyl sites for hydroxylation is 1. The van der Waals surface area contributed by atoms with Crippen LogP contribution in [0.3, 0.4) is 0 Å². The van der Waals surface area contributed by atoms with Gasteiger partial charge in [-0.2, -0.15) is 5.10 Å². The minimum atomic E-state index is -0.330. The fourth-order valence-corrected chi connectivity index (χ4v) is 3.05. The monoisotopic (exact) mass is 400 g/mol. The van der Waals surface area contributed by atoms with Gasteiger partial charge in [-0.05, 0) is 55.0 Å². The van der Waals surface area contributed by atoms with E-state index >= 15 is 0 Å². The Bertz CT molecular complexity index is 1160. The molecule has 0 aliphatic carbocycles. The van der Waals surface area contributed by atoms with Gasteiger partial charge in [-0.25, -0.2) is 4.68 Å². The smallest absolute Gasteiger partial charge is 0.291 e. The molecule has 30 heavy (non-hydrogen) atoms. The number of nitrogens with zero attached hydrogens (tertiary/aromatic N) is 2. The summed E-state index contributed by atoms with van der Waals surface area (Å²) < 4.78 is 6.83. The van der Waals surface area contributed by atoms with Crippen LogP contribution in [0.1, 0.15) is 32.3 Å². The van der Waals surface area contributed by atoms with Crippen molar-refractivity contribution in [3.63, 3.8) is 0 Å². The summed E-state index contributed by atoms with van der Waals surface area (Å²) in [5, 5.41) is 10.1. The van der Waals surface area contributed by atoms with Crippen LogP contribution < -0.4 is 10.6 Å². The van der Waals surface area contributed by atoms with Gasteiger partial charge >= 0.3 is 0 Å². The van der Waals surface area contributed by atoms with Gasteiger partial charge in [-0.1, -0.05) is 30.3 Å². The first-order valence-corrected chi connectivity index (χ1v) is 9.44. The molecule has 0 fully saturated rings. The molecule has 0 radical (unpaired) electrons. The lowest BCUT2D eigenvalue weighted by Crippen LogP contribution is -2.23. The molecule has 0 bridgehead atoms. The molecule has 0 aliphatic rings. The summed E-state index contributed by atoms with van der Waals surface area (Å²) in [7, 11) is 0. The predicted molar refractivity (Wildman–Crippen MR) is 113 cm³/mol. The van der Waals surface area contributed by atoms with E-state index in [1.54, 1.807) is 35.0 Å². The van der Waals surface area contributed by atoms with Crippen molar-refractivity contribution < 1.29 is 14.0 Å². The first-order chi connectivity index (χ1) is 14.6. The molecular formula is C23H20N4O3. The van der Waals surface area contributed by atoms with Crippen molar-refractivity contribution in [2.45, 2.75) is 13.5 Å². The molecule has 7 nitrogen and oxygen atoms in total. The van der Waals surface area contributed by atoms with Gasteiger partial charge in [-0.15, -0.1) is 0 Å². The Hall–Kier alpha value is -4.13. The molecule has 2 aromatic carbocycles. The number of para-hydroxylation sites is 1. The highest BCUT2D eigenvalue weighted by molar-refractivity contribution is 6.02. The lowest BCUT2D eigenvalue weighted by atomic mass is 10.2. The highest BCUT2D eigenvalue weighted by Gasteiger charge is 2.13. The summed E-state index contributed by atoms with van der Waals surface area (Å²) in [6, 6.07) is 21.9. The summed E-state index contributed by atoms with van der Waals surface area (Å²) in [5.74, 6) is -0.362. The molecule has 2 heterocycles. The van der Waals surface area contributed by atoms with Crippen molar-refractivity contribution >= 4 is 17.5 Å². The van der Waals surface area contributed by atoms with Crippen molar-refractivity contribution in [1.29, 1.82) is 0 Å². The number of rotatable bonds is 6. The second kappa shape index (κ2) is 8.48. The molecule has 2 amide bonds. The summed E-state index contributed by atoms with van der Waals surface area (Å²) in [5.41, 5.74) is 3.58. The predicted octanol–water partition coefficient (Wildman–Crippen LogP) is 3.96. The Kier molecular flexibility index (Phi) is 5.43. The first-order valence-electron chi connectivity index (χ1n) is 9.44. The van der Waals surface area contributed by atoms with Gasteiger partial charge in [0.05, 0.1) is 12.0 Å². The van der Waals surface area contributed by atoms with Gasteiger partial charge in [-0.3, -0.25) is 9.59 Å². The van der Waals surface area contributed by atoms with Crippen molar-refractivity contribution in [2.75, 3.05) is 5.32 Å². The number of furan rings is 1. The van der Waals surface area contributed by atoms with Gasteiger partial charge < -0.3 is 15.1 Å². The number of anilines is 1. The van der Waals surface area contributed by atoms with E-state index in [2.05, 4.69) is 15.7 Å². The number of hydrogen-bond donors (Lipinski definition) is 2. The zero-order valence-corrected chi connectivity index (χ0v) is 16.3. The van der Waals surface area contributed by atoms with E-state index in [1.165, 1.54) is 6.26 Å². The van der Waals surface area contributed by atoms with Crippen LogP contribution in [-0.2, 0) is 6.54 Å². The second-order valence-corrected chi connectivity index (χ2v) is 6.73. The number of hydrogen-bond acceptors (Lipinski definition) is 4. The maximum Gasteiger partial charge on any atom is 0.291 e. The largest absolute Gasteiger partial charge is 0.459 e. The van der Waals surface area contributed by atoms with Gasteiger partial charge in [0, 0.05) is 17.9 Å². The number of amides is 2. The molecule has 0 spiro atoms. The molecule has 150 valence electrons. The van der Waals surface area contributed by atoms with Gasteiger partial charge in [0.1, 0.15) is 0 Å². The Morgan fingerprint density at radius 3 is 2.57 bits per heavy atom. The van der Waals surface area contributed by atoms with E-state index in [9.17, 15) is 9.59 Å². The van der Waals surface area contributed by atoms with Crippen LogP contribution >= 0.6 is 0 Å². The molecule has 4 aromatic rings. The topological polar surface area (TPSA) is 89.2 Å². The van der Waals surface area contributed by atoms with Crippen molar-refractivity contribution in [3.05, 3.63) is 102 Å². The molecular weight excluding hydrogens is 380 g/mol. The van der Waals surface area contributed by atoms with Crippen LogP contribution in [0.25, 0.3) is 5.69 Å². The second-order valence-electron chi connectivity index (χ2n) is 6.73. The molecule has 4 rings (SSSR count). The summed E-state index contributed by atoms with van der Waals surface area (Å²) in [6.07, 6.45) is 1.45. The Morgan fingerprint density at radius 1 is 0.967 bits per heavy atom. The zero-order chi connectivity index (χ0) is 20.9. The van der Waals surface area contributed by atoms with Crippen LogP contribution in [0.5, 0.6) is 0 Å². The Morgan fingerprint density at radius 2 is 1.80 bits per heavy atom. The summed E-state index contributed by atoms with van der Waals surface area (Å²) in [6.45, 7) is 2.21. The highest BCUT2D eigenvalue weighted by atomic mass is 16.3. The normalized spacial score (nSPS) is 10.6. The maximum atomic E-state index is 12.6. The molecule has 0 aliphatic heterocycles. The van der Waals surface area contributed by atoms with E-state index < -0.39 is 0 Å². The van der Waals surface area contributed by atoms with Crippen molar-refractivity contribution in [2.24, 2.45) is 0 Å². The third-order valence-corrected chi connectivity index (χ3v) is 4.50. The van der Waals surface area contributed by atoms with Crippen molar-refractivity contribution in [3.8, 4) is 5.69 Å². The summed E-state index contributed by atoms with van der Waals surface area (Å²) in [4.78, 5) is 24.7. The number of carbonyl (C=O) groups excluding carboxylic acids is 2. The number of benzene rings is 2. The van der Waals surface area contributed by atoms with Gasteiger partial charge in [0.15, 0.2) is 11.5 Å². The lowest BCUT2D eigenvalue weighted by molar-refractivity contribution is 0.0944. The molecule has 0 saturated carbocycles. The third kappa shape index (κ3) is 4.30. The van der Waals surface area contributed by atoms with E-state index in [0.29, 0.717) is 17.9 Å². The molecule has 0 saturated heterocycles. The van der Waals surface area contributed by atoms with Crippen LogP contribution in [0.15, 0.2) is 83.5 Å². The fraction of sp³-hybridized carbons (Fsp3) is 0.0870. The molecule has 2 aromatic heterocycles. The van der Waals surface area contributed by atoms with Crippen LogP contribution in [0.4, 0.5) is 5.69 Å². The Labute approximate surface area is 173 Å². The molecule has 2 N–H and O–H groups in total. The number of carbonyl (C=O) groups is 2. The van der Waals surface area contributed by atoms with E-state index in [1.807, 2.05) is 49.4 Å². The summed E-state index contributed by atoms with van der Waals surface area (Å²) >= 11 is 0. The van der Waals surface area contributed by atoms with Crippen LogP contribution in [-0.4, -0.2) is 21.6 Å². The van der Waals surface area contributed by atoms with Gasteiger partial charge in [0.25, 0.3) is 11.8 Å². The minimum Gasteiger partial charge on any atom is -0.459 e. The van der Waals surface area contributed by atoms with Crippen molar-refractivity contribution in [1.82, 2.24) is 15.1 Å².